The van der Waals surface area contributed by atoms with Crippen molar-refractivity contribution >= 4 is 23.8 Å². The fraction of sp³-hybridized carbons (Fsp3) is 0.733. The van der Waals surface area contributed by atoms with Crippen molar-refractivity contribution in [1.82, 2.24) is 15.5 Å². The lowest BCUT2D eigenvalue weighted by Crippen LogP contribution is -2.49. The largest absolute Gasteiger partial charge is 0.480 e. The third kappa shape index (κ3) is 4.20. The summed E-state index contributed by atoms with van der Waals surface area (Å²) in [5.74, 6) is -2.16. The van der Waals surface area contributed by atoms with E-state index >= 15 is 0 Å². The van der Waals surface area contributed by atoms with Crippen LogP contribution in [0.5, 0.6) is 0 Å². The van der Waals surface area contributed by atoms with Gasteiger partial charge in [-0.25, -0.2) is 9.59 Å². The first-order valence-electron chi connectivity index (χ1n) is 7.83. The number of rotatable bonds is 8. The summed E-state index contributed by atoms with van der Waals surface area (Å²) in [5.41, 5.74) is -0.971. The summed E-state index contributed by atoms with van der Waals surface area (Å²) in [6, 6.07) is -1.66. The molecule has 1 rings (SSSR count). The van der Waals surface area contributed by atoms with Gasteiger partial charge in [0, 0.05) is 0 Å². The Bertz CT molecular complexity index is 499. The van der Waals surface area contributed by atoms with Crippen molar-refractivity contribution in [2.24, 2.45) is 5.92 Å². The van der Waals surface area contributed by atoms with Crippen molar-refractivity contribution in [2.75, 3.05) is 6.54 Å². The summed E-state index contributed by atoms with van der Waals surface area (Å²) in [7, 11) is 0. The van der Waals surface area contributed by atoms with E-state index in [1.807, 2.05) is 13.8 Å². The SMILES string of the molecule is CCC1(CC)NC(=O)N(CC(=O)N[C@@H](CC(C)C)C(=O)O)C1=O. The molecule has 1 fully saturated rings. The number of urea groups is 1. The van der Waals surface area contributed by atoms with Gasteiger partial charge >= 0.3 is 12.0 Å². The molecular weight excluding hydrogens is 302 g/mol. The predicted octanol–water partition coefficient (Wildman–Crippen LogP) is 0.713. The Morgan fingerprint density at radius 2 is 1.83 bits per heavy atom. The Balaban J connectivity index is 2.75. The zero-order valence-corrected chi connectivity index (χ0v) is 14.0. The van der Waals surface area contributed by atoms with Crippen molar-refractivity contribution in [3.8, 4) is 0 Å². The summed E-state index contributed by atoms with van der Waals surface area (Å²) < 4.78 is 0. The van der Waals surface area contributed by atoms with Crippen molar-refractivity contribution < 1.29 is 24.3 Å². The van der Waals surface area contributed by atoms with E-state index in [1.165, 1.54) is 0 Å². The lowest BCUT2D eigenvalue weighted by Gasteiger charge is -2.23. The van der Waals surface area contributed by atoms with Crippen molar-refractivity contribution in [2.45, 2.75) is 58.5 Å². The van der Waals surface area contributed by atoms with Crippen LogP contribution in [-0.4, -0.2) is 51.9 Å². The van der Waals surface area contributed by atoms with E-state index in [2.05, 4.69) is 10.6 Å². The number of carbonyl (C=O) groups is 4. The number of imide groups is 1. The van der Waals surface area contributed by atoms with E-state index in [1.54, 1.807) is 13.8 Å². The number of hydrogen-bond donors (Lipinski definition) is 3. The number of carboxylic acids is 1. The van der Waals surface area contributed by atoms with Crippen LogP contribution in [-0.2, 0) is 14.4 Å². The summed E-state index contributed by atoms with van der Waals surface area (Å²) in [6.07, 6.45) is 1.13. The molecular formula is C15H25N3O5. The minimum Gasteiger partial charge on any atom is -0.480 e. The van der Waals surface area contributed by atoms with Crippen LogP contribution in [0.15, 0.2) is 0 Å². The Morgan fingerprint density at radius 1 is 1.26 bits per heavy atom. The topological polar surface area (TPSA) is 116 Å². The maximum atomic E-state index is 12.4. The zero-order chi connectivity index (χ0) is 17.8. The highest BCUT2D eigenvalue weighted by atomic mass is 16.4. The Kier molecular flexibility index (Phi) is 6.12. The molecule has 0 radical (unpaired) electrons. The van der Waals surface area contributed by atoms with Gasteiger partial charge in [-0.3, -0.25) is 14.5 Å². The van der Waals surface area contributed by atoms with Crippen molar-refractivity contribution in [3.63, 3.8) is 0 Å². The number of hydrogen-bond acceptors (Lipinski definition) is 4. The molecule has 130 valence electrons. The first-order valence-corrected chi connectivity index (χ1v) is 7.83. The zero-order valence-electron chi connectivity index (χ0n) is 14.0. The maximum Gasteiger partial charge on any atom is 0.326 e. The van der Waals surface area contributed by atoms with Crippen molar-refractivity contribution in [3.05, 3.63) is 0 Å². The molecule has 3 N–H and O–H groups in total. The highest BCUT2D eigenvalue weighted by Gasteiger charge is 2.49. The van der Waals surface area contributed by atoms with Gasteiger partial charge in [0.2, 0.25) is 5.91 Å². The first-order chi connectivity index (χ1) is 10.7. The first kappa shape index (κ1) is 18.9. The molecule has 0 aromatic carbocycles. The fourth-order valence-corrected chi connectivity index (χ4v) is 2.63. The number of nitrogens with zero attached hydrogens (tertiary/aromatic N) is 1. The van der Waals surface area contributed by atoms with Gasteiger partial charge in [0.15, 0.2) is 0 Å². The van der Waals surface area contributed by atoms with Gasteiger partial charge in [-0.1, -0.05) is 27.7 Å². The molecule has 0 spiro atoms. The molecule has 0 aromatic heterocycles. The van der Waals surface area contributed by atoms with Gasteiger partial charge in [-0.15, -0.1) is 0 Å². The fourth-order valence-electron chi connectivity index (χ4n) is 2.63. The number of nitrogens with one attached hydrogen (secondary N) is 2. The molecule has 23 heavy (non-hydrogen) atoms. The third-order valence-corrected chi connectivity index (χ3v) is 4.10. The number of aliphatic carboxylic acids is 1. The number of amides is 4. The standard InChI is InChI=1S/C15H25N3O5/c1-5-15(6-2)13(22)18(14(23)17-15)8-11(19)16-10(12(20)21)7-9(3)4/h9-10H,5-8H2,1-4H3,(H,16,19)(H,17,23)(H,20,21)/t10-/m0/s1. The molecule has 1 atom stereocenters. The van der Waals surface area contributed by atoms with Crippen LogP contribution in [0.4, 0.5) is 4.79 Å². The molecule has 0 bridgehead atoms. The normalized spacial score (nSPS) is 18.0. The van der Waals surface area contributed by atoms with Gasteiger partial charge in [0.25, 0.3) is 5.91 Å². The minimum absolute atomic E-state index is 0.0842. The van der Waals surface area contributed by atoms with Crippen LogP contribution in [0, 0.1) is 5.92 Å². The van der Waals surface area contributed by atoms with Crippen LogP contribution >= 0.6 is 0 Å². The average molecular weight is 327 g/mol. The lowest BCUT2D eigenvalue weighted by atomic mass is 9.93. The van der Waals surface area contributed by atoms with Crippen LogP contribution in [0.3, 0.4) is 0 Å². The second-order valence-electron chi connectivity index (χ2n) is 6.20. The van der Waals surface area contributed by atoms with E-state index in [0.717, 1.165) is 4.90 Å². The lowest BCUT2D eigenvalue weighted by molar-refractivity contribution is -0.142. The Labute approximate surface area is 135 Å². The van der Waals surface area contributed by atoms with E-state index in [-0.39, 0.29) is 12.3 Å². The van der Waals surface area contributed by atoms with Crippen LogP contribution in [0.25, 0.3) is 0 Å². The van der Waals surface area contributed by atoms with E-state index < -0.39 is 41.9 Å². The van der Waals surface area contributed by atoms with Gasteiger partial charge in [0.05, 0.1) is 0 Å². The minimum atomic E-state index is -1.14. The molecule has 4 amide bonds. The molecule has 1 saturated heterocycles. The van der Waals surface area contributed by atoms with Gasteiger partial charge in [-0.05, 0) is 25.2 Å². The summed E-state index contributed by atoms with van der Waals surface area (Å²) >= 11 is 0. The molecule has 8 heteroatoms. The van der Waals surface area contributed by atoms with E-state index in [4.69, 9.17) is 5.11 Å². The van der Waals surface area contributed by atoms with Gasteiger partial charge in [-0.2, -0.15) is 0 Å². The second kappa shape index (κ2) is 7.43. The van der Waals surface area contributed by atoms with E-state index in [0.29, 0.717) is 12.8 Å². The van der Waals surface area contributed by atoms with Crippen LogP contribution in [0.2, 0.25) is 0 Å². The molecule has 0 aliphatic carbocycles. The highest BCUT2D eigenvalue weighted by Crippen LogP contribution is 2.24. The van der Waals surface area contributed by atoms with E-state index in [9.17, 15) is 19.2 Å². The third-order valence-electron chi connectivity index (χ3n) is 4.10. The Hall–Kier alpha value is -2.12. The van der Waals surface area contributed by atoms with Crippen LogP contribution in [0.1, 0.15) is 47.0 Å². The molecule has 0 aromatic rings. The maximum absolute atomic E-state index is 12.4. The summed E-state index contributed by atoms with van der Waals surface area (Å²) in [5, 5.41) is 14.1. The summed E-state index contributed by atoms with van der Waals surface area (Å²) in [6.45, 7) is 6.78. The van der Waals surface area contributed by atoms with Gasteiger partial charge < -0.3 is 15.7 Å². The molecule has 0 saturated carbocycles. The molecule has 1 aliphatic rings. The summed E-state index contributed by atoms with van der Waals surface area (Å²) in [4.78, 5) is 48.4. The van der Waals surface area contributed by atoms with Crippen molar-refractivity contribution in [1.29, 1.82) is 0 Å². The predicted molar refractivity (Wildman–Crippen MR) is 82.6 cm³/mol. The number of carbonyl (C=O) groups excluding carboxylic acids is 3. The molecule has 1 heterocycles. The smallest absolute Gasteiger partial charge is 0.326 e. The molecule has 8 nitrogen and oxygen atoms in total. The van der Waals surface area contributed by atoms with Crippen LogP contribution < -0.4 is 10.6 Å². The average Bonchev–Trinajstić information content (AvgIpc) is 2.70. The molecule has 0 unspecified atom stereocenters. The molecule has 1 aliphatic heterocycles. The van der Waals surface area contributed by atoms with Gasteiger partial charge in [0.1, 0.15) is 18.1 Å². The second-order valence-corrected chi connectivity index (χ2v) is 6.20. The monoisotopic (exact) mass is 327 g/mol. The highest BCUT2D eigenvalue weighted by molar-refractivity contribution is 6.09. The quantitative estimate of drug-likeness (QED) is 0.568. The number of carboxylic acid groups (broad SMARTS) is 1. The Morgan fingerprint density at radius 3 is 2.22 bits per heavy atom.